The standard InChI is InChI=1S/C17H16FN3/c18-16-7-3-14(4-8-16)12-19-11-13-1-5-15(6-2-13)17-9-10-20-21-17/h1-10,19H,11-12H2,(H,20,21). The Morgan fingerprint density at radius 2 is 1.48 bits per heavy atom. The highest BCUT2D eigenvalue weighted by molar-refractivity contribution is 5.58. The zero-order chi connectivity index (χ0) is 14.5. The first-order chi connectivity index (χ1) is 10.3. The Bertz CT molecular complexity index is 673. The number of nitrogens with one attached hydrogen (secondary N) is 2. The van der Waals surface area contributed by atoms with Gasteiger partial charge in [0, 0.05) is 19.3 Å². The summed E-state index contributed by atoms with van der Waals surface area (Å²) in [5.41, 5.74) is 4.42. The van der Waals surface area contributed by atoms with E-state index in [1.54, 1.807) is 18.3 Å². The van der Waals surface area contributed by atoms with Gasteiger partial charge < -0.3 is 5.32 Å². The van der Waals surface area contributed by atoms with Gasteiger partial charge in [0.05, 0.1) is 5.69 Å². The molecule has 1 heterocycles. The second kappa shape index (κ2) is 6.33. The summed E-state index contributed by atoms with van der Waals surface area (Å²) in [6, 6.07) is 16.8. The highest BCUT2D eigenvalue weighted by Crippen LogP contribution is 2.16. The van der Waals surface area contributed by atoms with E-state index in [-0.39, 0.29) is 5.82 Å². The fourth-order valence-electron chi connectivity index (χ4n) is 2.17. The van der Waals surface area contributed by atoms with Crippen LogP contribution in [0.4, 0.5) is 4.39 Å². The van der Waals surface area contributed by atoms with Gasteiger partial charge in [-0.25, -0.2) is 4.39 Å². The molecule has 0 fully saturated rings. The molecule has 0 unspecified atom stereocenters. The molecular weight excluding hydrogens is 265 g/mol. The van der Waals surface area contributed by atoms with Crippen LogP contribution in [-0.2, 0) is 13.1 Å². The minimum atomic E-state index is -0.201. The molecule has 0 bridgehead atoms. The molecule has 3 aromatic rings. The Morgan fingerprint density at radius 1 is 0.857 bits per heavy atom. The molecule has 0 saturated carbocycles. The predicted molar refractivity (Wildman–Crippen MR) is 81.0 cm³/mol. The zero-order valence-electron chi connectivity index (χ0n) is 11.5. The third kappa shape index (κ3) is 3.55. The van der Waals surface area contributed by atoms with Crippen molar-refractivity contribution in [1.29, 1.82) is 0 Å². The molecule has 0 aliphatic carbocycles. The van der Waals surface area contributed by atoms with E-state index in [2.05, 4.69) is 39.8 Å². The first-order valence-corrected chi connectivity index (χ1v) is 6.85. The largest absolute Gasteiger partial charge is 0.309 e. The zero-order valence-corrected chi connectivity index (χ0v) is 11.5. The Kier molecular flexibility index (Phi) is 4.07. The molecular formula is C17H16FN3. The van der Waals surface area contributed by atoms with E-state index in [1.165, 1.54) is 17.7 Å². The molecule has 0 saturated heterocycles. The fourth-order valence-corrected chi connectivity index (χ4v) is 2.17. The molecule has 3 nitrogen and oxygen atoms in total. The van der Waals surface area contributed by atoms with Crippen molar-refractivity contribution in [3.05, 3.63) is 77.7 Å². The van der Waals surface area contributed by atoms with E-state index in [0.717, 1.165) is 29.9 Å². The van der Waals surface area contributed by atoms with E-state index in [9.17, 15) is 4.39 Å². The Labute approximate surface area is 122 Å². The van der Waals surface area contributed by atoms with Crippen molar-refractivity contribution >= 4 is 0 Å². The number of hydrogen-bond acceptors (Lipinski definition) is 2. The summed E-state index contributed by atoms with van der Waals surface area (Å²) in [6.45, 7) is 1.50. The number of H-pyrrole nitrogens is 1. The summed E-state index contributed by atoms with van der Waals surface area (Å²) in [6.07, 6.45) is 1.74. The maximum absolute atomic E-state index is 12.8. The number of hydrogen-bond donors (Lipinski definition) is 2. The van der Waals surface area contributed by atoms with Crippen molar-refractivity contribution in [3.63, 3.8) is 0 Å². The smallest absolute Gasteiger partial charge is 0.123 e. The van der Waals surface area contributed by atoms with Crippen molar-refractivity contribution < 1.29 is 4.39 Å². The van der Waals surface area contributed by atoms with Crippen molar-refractivity contribution in [2.45, 2.75) is 13.1 Å². The number of halogens is 1. The summed E-state index contributed by atoms with van der Waals surface area (Å²) in [5.74, 6) is -0.201. The van der Waals surface area contributed by atoms with Crippen LogP contribution < -0.4 is 5.32 Å². The lowest BCUT2D eigenvalue weighted by molar-refractivity contribution is 0.625. The monoisotopic (exact) mass is 281 g/mol. The van der Waals surface area contributed by atoms with Gasteiger partial charge in [-0.15, -0.1) is 0 Å². The van der Waals surface area contributed by atoms with Gasteiger partial charge in [-0.3, -0.25) is 5.10 Å². The minimum Gasteiger partial charge on any atom is -0.309 e. The number of benzene rings is 2. The van der Waals surface area contributed by atoms with Gasteiger partial charge in [-0.05, 0) is 34.9 Å². The summed E-state index contributed by atoms with van der Waals surface area (Å²) >= 11 is 0. The van der Waals surface area contributed by atoms with Crippen molar-refractivity contribution in [1.82, 2.24) is 15.5 Å². The van der Waals surface area contributed by atoms with E-state index in [0.29, 0.717) is 0 Å². The van der Waals surface area contributed by atoms with Gasteiger partial charge in [-0.2, -0.15) is 5.10 Å². The fraction of sp³-hybridized carbons (Fsp3) is 0.118. The molecule has 4 heteroatoms. The molecule has 0 aliphatic heterocycles. The van der Waals surface area contributed by atoms with Crippen LogP contribution in [-0.4, -0.2) is 10.2 Å². The molecule has 1 aromatic heterocycles. The summed E-state index contributed by atoms with van der Waals surface area (Å²) in [5, 5.41) is 10.2. The lowest BCUT2D eigenvalue weighted by Gasteiger charge is -2.06. The Morgan fingerprint density at radius 3 is 2.05 bits per heavy atom. The second-order valence-electron chi connectivity index (χ2n) is 4.90. The van der Waals surface area contributed by atoms with Gasteiger partial charge in [0.2, 0.25) is 0 Å². The Balaban J connectivity index is 1.55. The molecule has 2 aromatic carbocycles. The van der Waals surface area contributed by atoms with Crippen LogP contribution in [0.25, 0.3) is 11.3 Å². The van der Waals surface area contributed by atoms with Crippen LogP contribution in [0.2, 0.25) is 0 Å². The summed E-state index contributed by atoms with van der Waals surface area (Å²) in [7, 11) is 0. The minimum absolute atomic E-state index is 0.201. The Hall–Kier alpha value is -2.46. The van der Waals surface area contributed by atoms with Crippen LogP contribution in [0.3, 0.4) is 0 Å². The number of rotatable bonds is 5. The van der Waals surface area contributed by atoms with Gasteiger partial charge in [0.1, 0.15) is 5.82 Å². The first-order valence-electron chi connectivity index (χ1n) is 6.85. The lowest BCUT2D eigenvalue weighted by Crippen LogP contribution is -2.12. The van der Waals surface area contributed by atoms with E-state index in [1.807, 2.05) is 6.07 Å². The molecule has 0 radical (unpaired) electrons. The van der Waals surface area contributed by atoms with Gasteiger partial charge in [0.15, 0.2) is 0 Å². The quantitative estimate of drug-likeness (QED) is 0.751. The van der Waals surface area contributed by atoms with Gasteiger partial charge >= 0.3 is 0 Å². The van der Waals surface area contributed by atoms with Crippen LogP contribution >= 0.6 is 0 Å². The molecule has 0 amide bonds. The number of aromatic nitrogens is 2. The maximum Gasteiger partial charge on any atom is 0.123 e. The molecule has 3 rings (SSSR count). The average molecular weight is 281 g/mol. The molecule has 0 spiro atoms. The van der Waals surface area contributed by atoms with Gasteiger partial charge in [-0.1, -0.05) is 36.4 Å². The van der Waals surface area contributed by atoms with Crippen LogP contribution in [0.1, 0.15) is 11.1 Å². The predicted octanol–water partition coefficient (Wildman–Crippen LogP) is 3.51. The third-order valence-corrected chi connectivity index (χ3v) is 3.34. The highest BCUT2D eigenvalue weighted by atomic mass is 19.1. The molecule has 106 valence electrons. The van der Waals surface area contributed by atoms with E-state index in [4.69, 9.17) is 0 Å². The third-order valence-electron chi connectivity index (χ3n) is 3.34. The average Bonchev–Trinajstić information content (AvgIpc) is 3.04. The van der Waals surface area contributed by atoms with Gasteiger partial charge in [0.25, 0.3) is 0 Å². The topological polar surface area (TPSA) is 40.7 Å². The first kappa shape index (κ1) is 13.5. The number of nitrogens with zero attached hydrogens (tertiary/aromatic N) is 1. The van der Waals surface area contributed by atoms with Crippen molar-refractivity contribution in [2.24, 2.45) is 0 Å². The second-order valence-corrected chi connectivity index (χ2v) is 4.90. The van der Waals surface area contributed by atoms with Crippen LogP contribution in [0, 0.1) is 5.82 Å². The molecule has 2 N–H and O–H groups in total. The SMILES string of the molecule is Fc1ccc(CNCc2ccc(-c3ccn[nH]3)cc2)cc1. The molecule has 0 aliphatic rings. The van der Waals surface area contributed by atoms with Crippen molar-refractivity contribution in [3.8, 4) is 11.3 Å². The van der Waals surface area contributed by atoms with Crippen molar-refractivity contribution in [2.75, 3.05) is 0 Å². The normalized spacial score (nSPS) is 10.7. The maximum atomic E-state index is 12.8. The summed E-state index contributed by atoms with van der Waals surface area (Å²) < 4.78 is 12.8. The van der Waals surface area contributed by atoms with E-state index < -0.39 is 0 Å². The number of aromatic amines is 1. The van der Waals surface area contributed by atoms with Crippen LogP contribution in [0.5, 0.6) is 0 Å². The molecule has 0 atom stereocenters. The van der Waals surface area contributed by atoms with E-state index >= 15 is 0 Å². The lowest BCUT2D eigenvalue weighted by atomic mass is 10.1. The highest BCUT2D eigenvalue weighted by Gasteiger charge is 1.99. The molecule has 21 heavy (non-hydrogen) atoms. The van der Waals surface area contributed by atoms with Crippen LogP contribution in [0.15, 0.2) is 60.8 Å². The summed E-state index contributed by atoms with van der Waals surface area (Å²) in [4.78, 5) is 0.